The highest BCUT2D eigenvalue weighted by Crippen LogP contribution is 2.33. The van der Waals surface area contributed by atoms with Crippen LogP contribution in [0.3, 0.4) is 0 Å². The Morgan fingerprint density at radius 2 is 1.58 bits per heavy atom. The summed E-state index contributed by atoms with van der Waals surface area (Å²) >= 11 is 6.00. The molecule has 0 radical (unpaired) electrons. The van der Waals surface area contributed by atoms with Crippen molar-refractivity contribution in [2.75, 3.05) is 32.1 Å². The molecule has 0 fully saturated rings. The Kier molecular flexibility index (Phi) is 9.60. The van der Waals surface area contributed by atoms with Gasteiger partial charge in [0.1, 0.15) is 24.1 Å². The smallest absolute Gasteiger partial charge is 0.264 e. The third-order valence-electron chi connectivity index (χ3n) is 5.96. The second kappa shape index (κ2) is 12.7. The number of carbonyl (C=O) groups is 2. The Balaban J connectivity index is 2.06. The number of likely N-dealkylation sites (N-methyl/N-ethyl adjacent to an activating group) is 1. The van der Waals surface area contributed by atoms with E-state index in [0.717, 1.165) is 9.87 Å². The molecule has 3 aromatic rings. The molecule has 1 N–H and O–H groups in total. The molecule has 38 heavy (non-hydrogen) atoms. The number of hydrogen-bond acceptors (Lipinski definition) is 6. The lowest BCUT2D eigenvalue weighted by Gasteiger charge is -2.32. The maximum Gasteiger partial charge on any atom is 0.264 e. The fourth-order valence-corrected chi connectivity index (χ4v) is 5.35. The van der Waals surface area contributed by atoms with Crippen LogP contribution in [0.5, 0.6) is 11.5 Å². The number of methoxy groups -OCH3 is 2. The highest BCUT2D eigenvalue weighted by Gasteiger charge is 2.33. The number of para-hydroxylation sites is 2. The third kappa shape index (κ3) is 6.56. The number of anilines is 1. The van der Waals surface area contributed by atoms with Crippen LogP contribution in [-0.2, 0) is 26.2 Å². The van der Waals surface area contributed by atoms with Crippen molar-refractivity contribution in [1.29, 1.82) is 0 Å². The van der Waals surface area contributed by atoms with Gasteiger partial charge in [0.15, 0.2) is 0 Å². The fraction of sp³-hybridized carbons (Fsp3) is 0.259. The molecule has 0 spiro atoms. The van der Waals surface area contributed by atoms with Crippen molar-refractivity contribution in [3.63, 3.8) is 0 Å². The van der Waals surface area contributed by atoms with Gasteiger partial charge in [0.25, 0.3) is 10.0 Å². The van der Waals surface area contributed by atoms with Crippen LogP contribution in [-0.4, -0.2) is 59.0 Å². The van der Waals surface area contributed by atoms with E-state index in [2.05, 4.69) is 5.32 Å². The average molecular weight is 560 g/mol. The lowest BCUT2D eigenvalue weighted by molar-refractivity contribution is -0.139. The Hall–Kier alpha value is -3.76. The van der Waals surface area contributed by atoms with Gasteiger partial charge >= 0.3 is 0 Å². The molecule has 202 valence electrons. The van der Waals surface area contributed by atoms with Gasteiger partial charge in [-0.2, -0.15) is 0 Å². The highest BCUT2D eigenvalue weighted by molar-refractivity contribution is 7.92. The predicted molar refractivity (Wildman–Crippen MR) is 146 cm³/mol. The number of halogens is 1. The van der Waals surface area contributed by atoms with Crippen LogP contribution in [0.2, 0.25) is 5.02 Å². The summed E-state index contributed by atoms with van der Waals surface area (Å²) in [5.74, 6) is -0.230. The minimum absolute atomic E-state index is 0.0411. The van der Waals surface area contributed by atoms with Crippen LogP contribution >= 0.6 is 11.6 Å². The number of carbonyl (C=O) groups excluding carboxylic acids is 2. The van der Waals surface area contributed by atoms with E-state index in [-0.39, 0.29) is 22.9 Å². The maximum absolute atomic E-state index is 13.9. The fourth-order valence-electron chi connectivity index (χ4n) is 3.80. The largest absolute Gasteiger partial charge is 0.497 e. The number of ether oxygens (including phenoxy) is 2. The topological polar surface area (TPSA) is 105 Å². The molecule has 0 heterocycles. The van der Waals surface area contributed by atoms with Crippen LogP contribution in [0.1, 0.15) is 12.5 Å². The summed E-state index contributed by atoms with van der Waals surface area (Å²) in [6.07, 6.45) is 0. The lowest BCUT2D eigenvalue weighted by Crippen LogP contribution is -2.50. The number of rotatable bonds is 11. The van der Waals surface area contributed by atoms with Crippen LogP contribution in [0.4, 0.5) is 5.69 Å². The lowest BCUT2D eigenvalue weighted by atomic mass is 10.1. The molecule has 0 bridgehead atoms. The first-order valence-electron chi connectivity index (χ1n) is 11.7. The van der Waals surface area contributed by atoms with E-state index in [1.807, 2.05) is 0 Å². The third-order valence-corrected chi connectivity index (χ3v) is 7.99. The van der Waals surface area contributed by atoms with Gasteiger partial charge < -0.3 is 19.7 Å². The molecule has 2 amide bonds. The van der Waals surface area contributed by atoms with E-state index in [9.17, 15) is 18.0 Å². The number of sulfonamides is 1. The zero-order chi connectivity index (χ0) is 27.9. The first kappa shape index (κ1) is 28.8. The number of hydrogen-bond donors (Lipinski definition) is 1. The van der Waals surface area contributed by atoms with E-state index in [1.165, 1.54) is 50.4 Å². The molecule has 0 aliphatic carbocycles. The van der Waals surface area contributed by atoms with Gasteiger partial charge in [-0.15, -0.1) is 0 Å². The van der Waals surface area contributed by atoms with Gasteiger partial charge in [0.05, 0.1) is 24.8 Å². The average Bonchev–Trinajstić information content (AvgIpc) is 2.94. The van der Waals surface area contributed by atoms with Gasteiger partial charge in [-0.05, 0) is 61.0 Å². The summed E-state index contributed by atoms with van der Waals surface area (Å²) in [5, 5.41) is 3.07. The van der Waals surface area contributed by atoms with Crippen LogP contribution in [0.25, 0.3) is 0 Å². The minimum Gasteiger partial charge on any atom is -0.497 e. The van der Waals surface area contributed by atoms with Gasteiger partial charge in [-0.1, -0.05) is 35.9 Å². The summed E-state index contributed by atoms with van der Waals surface area (Å²) in [7, 11) is 0.128. The molecule has 0 unspecified atom stereocenters. The van der Waals surface area contributed by atoms with E-state index in [4.69, 9.17) is 21.1 Å². The quantitative estimate of drug-likeness (QED) is 0.384. The molecule has 0 aromatic heterocycles. The summed E-state index contributed by atoms with van der Waals surface area (Å²) < 4.78 is 39.3. The molecule has 1 atom stereocenters. The highest BCUT2D eigenvalue weighted by atomic mass is 35.5. The maximum atomic E-state index is 13.9. The molecule has 9 nitrogen and oxygen atoms in total. The second-order valence-corrected chi connectivity index (χ2v) is 10.6. The Morgan fingerprint density at radius 3 is 2.16 bits per heavy atom. The predicted octanol–water partition coefficient (Wildman–Crippen LogP) is 3.72. The monoisotopic (exact) mass is 559 g/mol. The van der Waals surface area contributed by atoms with Crippen molar-refractivity contribution in [2.24, 2.45) is 0 Å². The summed E-state index contributed by atoms with van der Waals surface area (Å²) in [4.78, 5) is 27.6. The van der Waals surface area contributed by atoms with Crippen LogP contribution in [0.15, 0.2) is 77.7 Å². The van der Waals surface area contributed by atoms with Crippen molar-refractivity contribution in [2.45, 2.75) is 24.4 Å². The van der Waals surface area contributed by atoms with E-state index in [0.29, 0.717) is 10.8 Å². The van der Waals surface area contributed by atoms with Gasteiger partial charge in [0.2, 0.25) is 11.8 Å². The number of nitrogens with one attached hydrogen (secondary N) is 1. The summed E-state index contributed by atoms with van der Waals surface area (Å²) in [5.41, 5.74) is 0.901. The van der Waals surface area contributed by atoms with Crippen molar-refractivity contribution >= 4 is 39.1 Å². The van der Waals surface area contributed by atoms with Crippen molar-refractivity contribution < 1.29 is 27.5 Å². The summed E-state index contributed by atoms with van der Waals surface area (Å²) in [6.45, 7) is 1.06. The SMILES string of the molecule is CNC(=O)[C@@H](C)N(Cc1ccc(Cl)cc1)C(=O)CN(c1ccccc1OC)S(=O)(=O)c1ccc(OC)cc1. The van der Waals surface area contributed by atoms with Gasteiger partial charge in [-0.3, -0.25) is 13.9 Å². The minimum atomic E-state index is -4.24. The van der Waals surface area contributed by atoms with Crippen molar-refractivity contribution in [1.82, 2.24) is 10.2 Å². The molecular weight excluding hydrogens is 530 g/mol. The van der Waals surface area contributed by atoms with Gasteiger partial charge in [0, 0.05) is 18.6 Å². The van der Waals surface area contributed by atoms with Crippen LogP contribution < -0.4 is 19.1 Å². The normalized spacial score (nSPS) is 11.8. The zero-order valence-corrected chi connectivity index (χ0v) is 23.1. The summed E-state index contributed by atoms with van der Waals surface area (Å²) in [6, 6.07) is 18.3. The molecule has 11 heteroatoms. The molecule has 0 saturated heterocycles. The first-order chi connectivity index (χ1) is 18.1. The number of amides is 2. The molecule has 0 aliphatic heterocycles. The number of benzene rings is 3. The number of nitrogens with zero attached hydrogens (tertiary/aromatic N) is 2. The molecule has 3 aromatic carbocycles. The van der Waals surface area contributed by atoms with Crippen molar-refractivity contribution in [3.8, 4) is 11.5 Å². The second-order valence-electron chi connectivity index (χ2n) is 8.30. The molecule has 0 saturated carbocycles. The van der Waals surface area contributed by atoms with E-state index < -0.39 is 34.4 Å². The van der Waals surface area contributed by atoms with E-state index >= 15 is 0 Å². The molecule has 0 aliphatic rings. The van der Waals surface area contributed by atoms with Crippen molar-refractivity contribution in [3.05, 3.63) is 83.4 Å². The standard InChI is InChI=1S/C27H30ClN3O6S/c1-19(27(33)29-2)30(17-20-9-11-21(28)12-10-20)26(32)18-31(24-7-5-6-8-25(24)37-4)38(34,35)23-15-13-22(36-3)14-16-23/h5-16,19H,17-18H2,1-4H3,(H,29,33)/t19-/m1/s1. The molecule has 3 rings (SSSR count). The Morgan fingerprint density at radius 1 is 0.947 bits per heavy atom. The zero-order valence-electron chi connectivity index (χ0n) is 21.5. The Bertz CT molecular complexity index is 1360. The first-order valence-corrected chi connectivity index (χ1v) is 13.5. The molecular formula is C27H30ClN3O6S. The van der Waals surface area contributed by atoms with Gasteiger partial charge in [-0.25, -0.2) is 8.42 Å². The van der Waals surface area contributed by atoms with Crippen LogP contribution in [0, 0.1) is 0 Å². The van der Waals surface area contributed by atoms with E-state index in [1.54, 1.807) is 55.5 Å². The Labute approximate surface area is 228 Å².